The number of fused-ring (bicyclic) bond motifs is 1. The number of hydrogen-bond acceptors (Lipinski definition) is 2. The molecule has 0 saturated heterocycles. The maximum atomic E-state index is 5.11. The minimum atomic E-state index is 0.0637. The molecule has 0 fully saturated rings. The molecule has 0 aliphatic carbocycles. The molecule has 0 unspecified atom stereocenters. The van der Waals surface area contributed by atoms with E-state index >= 15 is 0 Å². The van der Waals surface area contributed by atoms with Crippen LogP contribution in [0.25, 0.3) is 28.0 Å². The van der Waals surface area contributed by atoms with Gasteiger partial charge in [0.2, 0.25) is 0 Å². The van der Waals surface area contributed by atoms with Gasteiger partial charge in [-0.25, -0.2) is 0 Å². The molecule has 6 heteroatoms. The minimum absolute atomic E-state index is 0.0637. The molecule has 1 N–H and O–H groups in total. The number of benzene rings is 2. The van der Waals surface area contributed by atoms with Gasteiger partial charge in [-0.15, -0.1) is 0 Å². The first-order chi connectivity index (χ1) is 19.4. The monoisotopic (exact) mass is 728 g/mol. The van der Waals surface area contributed by atoms with Crippen molar-refractivity contribution in [1.82, 2.24) is 24.3 Å². The Bertz CT molecular complexity index is 1680. The Morgan fingerprint density at radius 2 is 1.49 bits per heavy atom. The second-order valence-electron chi connectivity index (χ2n) is 13.3. The Kier molecular flexibility index (Phi) is 8.39. The Hall–Kier alpha value is -3.04. The van der Waals surface area contributed by atoms with Crippen LogP contribution in [0.2, 0.25) is 0 Å². The number of aryl methyl sites for hydroxylation is 3. The Balaban J connectivity index is 1.54. The third kappa shape index (κ3) is 6.56. The summed E-state index contributed by atoms with van der Waals surface area (Å²) in [5.41, 5.74) is 10.9. The van der Waals surface area contributed by atoms with Crippen LogP contribution < -0.4 is 0 Å². The number of aromatic nitrogens is 5. The summed E-state index contributed by atoms with van der Waals surface area (Å²) in [7, 11) is 0. The fourth-order valence-electron chi connectivity index (χ4n) is 5.29. The van der Waals surface area contributed by atoms with Crippen LogP contribution >= 0.6 is 0 Å². The van der Waals surface area contributed by atoms with Crippen LogP contribution in [0, 0.1) is 10.7 Å². The van der Waals surface area contributed by atoms with Crippen LogP contribution in [0.1, 0.15) is 83.3 Å². The quantitative estimate of drug-likeness (QED) is 0.163. The van der Waals surface area contributed by atoms with Gasteiger partial charge in [0.1, 0.15) is 0 Å². The number of para-hydroxylation sites is 1. The molecular formula is C35H43N5Pt. The molecule has 0 spiro atoms. The van der Waals surface area contributed by atoms with Gasteiger partial charge < -0.3 is 0 Å². The normalized spacial score (nSPS) is 12.4. The first-order valence-corrected chi connectivity index (χ1v) is 15.8. The SMILES string of the molecule is Cc1cc(CCCCCn2[c](=[Pt])n(-c3ccccc3)c3ncc(-c4cc(C(C)(C)C)cc(C(C)(C)C)c4)cc32)n[nH]1. The average molecular weight is 729 g/mol. The van der Waals surface area contributed by atoms with Gasteiger partial charge in [-0.1, -0.05) is 0 Å². The molecule has 5 nitrogen and oxygen atoms in total. The van der Waals surface area contributed by atoms with Gasteiger partial charge in [0, 0.05) is 0 Å². The Morgan fingerprint density at radius 1 is 0.805 bits per heavy atom. The summed E-state index contributed by atoms with van der Waals surface area (Å²) < 4.78 is 5.93. The molecule has 0 atom stereocenters. The number of imidazole rings is 1. The van der Waals surface area contributed by atoms with Gasteiger partial charge in [-0.3, -0.25) is 0 Å². The van der Waals surface area contributed by atoms with Crippen molar-refractivity contribution >= 4 is 11.2 Å². The zero-order chi connectivity index (χ0) is 29.4. The van der Waals surface area contributed by atoms with Crippen molar-refractivity contribution in [3.63, 3.8) is 0 Å². The predicted octanol–water partition coefficient (Wildman–Crippen LogP) is 8.61. The van der Waals surface area contributed by atoms with Crippen molar-refractivity contribution in [2.24, 2.45) is 0 Å². The van der Waals surface area contributed by atoms with Crippen LogP contribution in [-0.4, -0.2) is 24.3 Å². The van der Waals surface area contributed by atoms with Crippen LogP contribution in [0.5, 0.6) is 0 Å². The summed E-state index contributed by atoms with van der Waals surface area (Å²) in [6.07, 6.45) is 6.48. The second-order valence-corrected chi connectivity index (χ2v) is 14.3. The average Bonchev–Trinajstić information content (AvgIpc) is 3.47. The van der Waals surface area contributed by atoms with E-state index in [-0.39, 0.29) is 10.8 Å². The molecule has 2 aromatic carbocycles. The van der Waals surface area contributed by atoms with E-state index in [0.29, 0.717) is 0 Å². The number of H-pyrrole nitrogens is 1. The van der Waals surface area contributed by atoms with Crippen molar-refractivity contribution in [1.29, 1.82) is 0 Å². The van der Waals surface area contributed by atoms with Crippen LogP contribution in [0.15, 0.2) is 66.9 Å². The zero-order valence-corrected chi connectivity index (χ0v) is 27.8. The summed E-state index contributed by atoms with van der Waals surface area (Å²) in [6, 6.07) is 22.2. The molecule has 0 bridgehead atoms. The third-order valence-electron chi connectivity index (χ3n) is 7.81. The van der Waals surface area contributed by atoms with Gasteiger partial charge >= 0.3 is 256 Å². The first-order valence-electron chi connectivity index (χ1n) is 14.7. The maximum absolute atomic E-state index is 5.11. The van der Waals surface area contributed by atoms with Crippen molar-refractivity contribution in [3.8, 4) is 16.8 Å². The molecule has 5 aromatic rings. The molecule has 3 aromatic heterocycles. The van der Waals surface area contributed by atoms with Crippen LogP contribution in [0.4, 0.5) is 0 Å². The van der Waals surface area contributed by atoms with E-state index in [2.05, 4.69) is 154 Å². The molecule has 41 heavy (non-hydrogen) atoms. The van der Waals surface area contributed by atoms with E-state index in [0.717, 1.165) is 55.0 Å². The van der Waals surface area contributed by atoms with Crippen molar-refractivity contribution < 1.29 is 19.4 Å². The summed E-state index contributed by atoms with van der Waals surface area (Å²) in [4.78, 5) is 5.11. The standard InChI is InChI=1S/C35H43N5.Pt/c1-25-18-30(38-37-25)14-10-9-13-17-39-24-40(31-15-11-8-12-16-31)33-32(39)21-27(23-36-33)26-19-28(34(2,3)4)22-29(20-26)35(5,6)7;/h8,11-12,15-16,18-23H,9-10,13-14,17H2,1-7H3,(H,37,38);. The number of nitrogens with one attached hydrogen (secondary N) is 1. The molecule has 5 rings (SSSR count). The van der Waals surface area contributed by atoms with Gasteiger partial charge in [0.25, 0.3) is 0 Å². The number of nitrogens with zero attached hydrogens (tertiary/aromatic N) is 4. The molecule has 0 saturated carbocycles. The van der Waals surface area contributed by atoms with E-state index in [1.807, 2.05) is 0 Å². The summed E-state index contributed by atoms with van der Waals surface area (Å²) >= 11 is 2.48. The predicted molar refractivity (Wildman–Crippen MR) is 166 cm³/mol. The number of rotatable bonds is 8. The van der Waals surface area contributed by atoms with Crippen LogP contribution in [-0.2, 0) is 43.1 Å². The van der Waals surface area contributed by atoms with Crippen molar-refractivity contribution in [3.05, 3.63) is 93.2 Å². The van der Waals surface area contributed by atoms with E-state index in [1.54, 1.807) is 0 Å². The van der Waals surface area contributed by atoms with Gasteiger partial charge in [0.05, 0.1) is 0 Å². The molecule has 0 amide bonds. The molecule has 218 valence electrons. The van der Waals surface area contributed by atoms with Gasteiger partial charge in [-0.05, 0) is 0 Å². The number of hydrogen-bond donors (Lipinski definition) is 1. The van der Waals surface area contributed by atoms with Crippen LogP contribution in [0.3, 0.4) is 0 Å². The number of unbranched alkanes of at least 4 members (excludes halogenated alkanes) is 2. The fourth-order valence-corrected chi connectivity index (χ4v) is 6.35. The Morgan fingerprint density at radius 3 is 2.10 bits per heavy atom. The molecule has 0 aliphatic rings. The van der Waals surface area contributed by atoms with E-state index in [9.17, 15) is 0 Å². The summed E-state index contributed by atoms with van der Waals surface area (Å²) in [6.45, 7) is 16.8. The fraction of sp³-hybridized carbons (Fsp3) is 0.400. The molecule has 0 radical (unpaired) electrons. The second kappa shape index (κ2) is 11.7. The number of aromatic amines is 1. The molecule has 3 heterocycles. The van der Waals surface area contributed by atoms with E-state index in [1.165, 1.54) is 31.6 Å². The topological polar surface area (TPSA) is 51.4 Å². The summed E-state index contributed by atoms with van der Waals surface area (Å²) in [5, 5.41) is 7.46. The third-order valence-corrected chi connectivity index (χ3v) is 8.93. The Labute approximate surface area is 255 Å². The number of pyridine rings is 1. The van der Waals surface area contributed by atoms with Gasteiger partial charge in [-0.2, -0.15) is 0 Å². The summed E-state index contributed by atoms with van der Waals surface area (Å²) in [5.74, 6) is 0. The van der Waals surface area contributed by atoms with Crippen molar-refractivity contribution in [2.75, 3.05) is 0 Å². The van der Waals surface area contributed by atoms with Crippen molar-refractivity contribution in [2.45, 2.75) is 91.5 Å². The molecular weight excluding hydrogens is 685 g/mol. The molecule has 0 aliphatic heterocycles. The van der Waals surface area contributed by atoms with E-state index < -0.39 is 0 Å². The zero-order valence-electron chi connectivity index (χ0n) is 25.5. The first kappa shape index (κ1) is 29.5. The van der Waals surface area contributed by atoms with E-state index in [4.69, 9.17) is 4.98 Å². The van der Waals surface area contributed by atoms with Gasteiger partial charge in [0.15, 0.2) is 0 Å².